The molecule has 0 fully saturated rings. The lowest BCUT2D eigenvalue weighted by molar-refractivity contribution is 0.303. The molecule has 0 aliphatic heterocycles. The Labute approximate surface area is 154 Å². The highest BCUT2D eigenvalue weighted by Crippen LogP contribution is 2.33. The number of aromatic nitrogens is 1. The van der Waals surface area contributed by atoms with Gasteiger partial charge in [-0.05, 0) is 55.3 Å². The summed E-state index contributed by atoms with van der Waals surface area (Å²) in [5, 5.41) is 0. The Morgan fingerprint density at radius 1 is 0.885 bits per heavy atom. The molecule has 1 heterocycles. The van der Waals surface area contributed by atoms with Crippen LogP contribution in [0.5, 0.6) is 17.2 Å². The van der Waals surface area contributed by atoms with Crippen LogP contribution >= 0.6 is 0 Å². The molecule has 3 rings (SSSR count). The minimum absolute atomic E-state index is 0.456. The van der Waals surface area contributed by atoms with Crippen molar-refractivity contribution < 1.29 is 14.2 Å². The molecular weight excluding hydrogens is 326 g/mol. The molecule has 0 bridgehead atoms. The van der Waals surface area contributed by atoms with Crippen LogP contribution in [-0.2, 0) is 6.61 Å². The van der Waals surface area contributed by atoms with E-state index in [4.69, 9.17) is 14.2 Å². The van der Waals surface area contributed by atoms with Gasteiger partial charge in [-0.15, -0.1) is 0 Å². The first-order valence-corrected chi connectivity index (χ1v) is 8.47. The van der Waals surface area contributed by atoms with E-state index in [0.29, 0.717) is 6.61 Å². The highest BCUT2D eigenvalue weighted by molar-refractivity contribution is 5.71. The molecule has 0 radical (unpaired) electrons. The van der Waals surface area contributed by atoms with Crippen molar-refractivity contribution in [3.05, 3.63) is 71.5 Å². The molecule has 4 nitrogen and oxygen atoms in total. The number of hydrogen-bond acceptors (Lipinski definition) is 4. The van der Waals surface area contributed by atoms with Crippen LogP contribution in [-0.4, -0.2) is 19.2 Å². The molecule has 2 aromatic carbocycles. The zero-order valence-corrected chi connectivity index (χ0v) is 15.6. The summed E-state index contributed by atoms with van der Waals surface area (Å²) in [5.74, 6) is 2.45. The van der Waals surface area contributed by atoms with Gasteiger partial charge in [-0.2, -0.15) is 0 Å². The van der Waals surface area contributed by atoms with E-state index in [2.05, 4.69) is 31.0 Å². The molecular formula is C22H23NO3. The Morgan fingerprint density at radius 2 is 1.73 bits per heavy atom. The molecule has 134 valence electrons. The highest BCUT2D eigenvalue weighted by atomic mass is 16.5. The molecule has 0 N–H and O–H groups in total. The number of pyridine rings is 1. The van der Waals surface area contributed by atoms with Gasteiger partial charge < -0.3 is 14.2 Å². The fourth-order valence-electron chi connectivity index (χ4n) is 2.80. The lowest BCUT2D eigenvalue weighted by atomic mass is 10.0. The van der Waals surface area contributed by atoms with Crippen molar-refractivity contribution in [3.63, 3.8) is 0 Å². The molecule has 0 atom stereocenters. The average Bonchev–Trinajstić information content (AvgIpc) is 2.68. The SMILES string of the molecule is COc1ccc(OC)c(-c2cncc(COc3cccc(C)c3C)c2)c1. The molecule has 26 heavy (non-hydrogen) atoms. The maximum Gasteiger partial charge on any atom is 0.127 e. The lowest BCUT2D eigenvalue weighted by Crippen LogP contribution is -1.99. The predicted octanol–water partition coefficient (Wildman–Crippen LogP) is 4.96. The van der Waals surface area contributed by atoms with Crippen molar-refractivity contribution in [2.75, 3.05) is 14.2 Å². The second kappa shape index (κ2) is 7.91. The summed E-state index contributed by atoms with van der Waals surface area (Å²) < 4.78 is 16.8. The van der Waals surface area contributed by atoms with Crippen LogP contribution in [0.25, 0.3) is 11.1 Å². The first-order valence-electron chi connectivity index (χ1n) is 8.47. The van der Waals surface area contributed by atoms with Gasteiger partial charge in [0.1, 0.15) is 23.9 Å². The van der Waals surface area contributed by atoms with Gasteiger partial charge in [0, 0.05) is 29.1 Å². The third-order valence-electron chi connectivity index (χ3n) is 4.46. The van der Waals surface area contributed by atoms with Crippen molar-refractivity contribution in [1.82, 2.24) is 4.98 Å². The molecule has 3 aromatic rings. The zero-order chi connectivity index (χ0) is 18.5. The summed E-state index contributed by atoms with van der Waals surface area (Å²) in [4.78, 5) is 4.37. The fourth-order valence-corrected chi connectivity index (χ4v) is 2.80. The summed E-state index contributed by atoms with van der Waals surface area (Å²) in [7, 11) is 3.31. The van der Waals surface area contributed by atoms with E-state index in [0.717, 1.165) is 39.5 Å². The summed E-state index contributed by atoms with van der Waals surface area (Å²) in [6, 6.07) is 13.9. The van der Waals surface area contributed by atoms with E-state index >= 15 is 0 Å². The maximum absolute atomic E-state index is 6.00. The van der Waals surface area contributed by atoms with Gasteiger partial charge in [0.15, 0.2) is 0 Å². The van der Waals surface area contributed by atoms with Crippen LogP contribution in [0.4, 0.5) is 0 Å². The van der Waals surface area contributed by atoms with E-state index in [1.807, 2.05) is 42.7 Å². The van der Waals surface area contributed by atoms with Crippen LogP contribution in [0.2, 0.25) is 0 Å². The van der Waals surface area contributed by atoms with Crippen molar-refractivity contribution in [2.45, 2.75) is 20.5 Å². The largest absolute Gasteiger partial charge is 0.497 e. The number of benzene rings is 2. The van der Waals surface area contributed by atoms with Crippen molar-refractivity contribution in [1.29, 1.82) is 0 Å². The topological polar surface area (TPSA) is 40.6 Å². The standard InChI is InChI=1S/C22H23NO3/c1-15-6-5-7-21(16(15)2)26-14-17-10-18(13-23-12-17)20-11-19(24-3)8-9-22(20)25-4/h5-13H,14H2,1-4H3. The second-order valence-electron chi connectivity index (χ2n) is 6.13. The number of nitrogens with zero attached hydrogens (tertiary/aromatic N) is 1. The third kappa shape index (κ3) is 3.80. The second-order valence-corrected chi connectivity index (χ2v) is 6.13. The Morgan fingerprint density at radius 3 is 2.50 bits per heavy atom. The Hall–Kier alpha value is -3.01. The van der Waals surface area contributed by atoms with Crippen LogP contribution in [0, 0.1) is 13.8 Å². The molecule has 0 saturated carbocycles. The smallest absolute Gasteiger partial charge is 0.127 e. The van der Waals surface area contributed by atoms with E-state index in [1.165, 1.54) is 5.56 Å². The first-order chi connectivity index (χ1) is 12.6. The molecule has 0 unspecified atom stereocenters. The number of hydrogen-bond donors (Lipinski definition) is 0. The average molecular weight is 349 g/mol. The van der Waals surface area contributed by atoms with Gasteiger partial charge in [0.25, 0.3) is 0 Å². The van der Waals surface area contributed by atoms with Gasteiger partial charge >= 0.3 is 0 Å². The minimum Gasteiger partial charge on any atom is -0.497 e. The van der Waals surface area contributed by atoms with E-state index in [1.54, 1.807) is 14.2 Å². The van der Waals surface area contributed by atoms with Gasteiger partial charge in [0.2, 0.25) is 0 Å². The summed E-state index contributed by atoms with van der Waals surface area (Å²) >= 11 is 0. The monoisotopic (exact) mass is 349 g/mol. The quantitative estimate of drug-likeness (QED) is 0.630. The van der Waals surface area contributed by atoms with E-state index in [-0.39, 0.29) is 0 Å². The maximum atomic E-state index is 6.00. The fraction of sp³-hybridized carbons (Fsp3) is 0.227. The van der Waals surface area contributed by atoms with Crippen LogP contribution in [0.3, 0.4) is 0 Å². The summed E-state index contributed by atoms with van der Waals surface area (Å²) in [6.45, 7) is 4.61. The number of methoxy groups -OCH3 is 2. The third-order valence-corrected chi connectivity index (χ3v) is 4.46. The van der Waals surface area contributed by atoms with Crippen LogP contribution < -0.4 is 14.2 Å². The van der Waals surface area contributed by atoms with Gasteiger partial charge in [0.05, 0.1) is 14.2 Å². The molecule has 1 aromatic heterocycles. The minimum atomic E-state index is 0.456. The Kier molecular flexibility index (Phi) is 5.42. The first kappa shape index (κ1) is 17.8. The highest BCUT2D eigenvalue weighted by Gasteiger charge is 2.10. The van der Waals surface area contributed by atoms with E-state index in [9.17, 15) is 0 Å². The van der Waals surface area contributed by atoms with Crippen molar-refractivity contribution in [2.24, 2.45) is 0 Å². The molecule has 4 heteroatoms. The number of ether oxygens (including phenoxy) is 3. The lowest BCUT2D eigenvalue weighted by Gasteiger charge is -2.13. The van der Waals surface area contributed by atoms with E-state index < -0.39 is 0 Å². The molecule has 0 saturated heterocycles. The predicted molar refractivity (Wildman–Crippen MR) is 103 cm³/mol. The number of rotatable bonds is 6. The molecule has 0 aliphatic rings. The van der Waals surface area contributed by atoms with Gasteiger partial charge in [-0.1, -0.05) is 12.1 Å². The normalized spacial score (nSPS) is 10.5. The molecule has 0 spiro atoms. The van der Waals surface area contributed by atoms with Gasteiger partial charge in [-0.25, -0.2) is 0 Å². The van der Waals surface area contributed by atoms with Crippen LogP contribution in [0.1, 0.15) is 16.7 Å². The summed E-state index contributed by atoms with van der Waals surface area (Å²) in [5.41, 5.74) is 5.27. The molecule has 0 aliphatic carbocycles. The van der Waals surface area contributed by atoms with Gasteiger partial charge in [-0.3, -0.25) is 4.98 Å². The Bertz CT molecular complexity index is 906. The van der Waals surface area contributed by atoms with Crippen LogP contribution in [0.15, 0.2) is 54.9 Å². The number of aryl methyl sites for hydroxylation is 1. The Balaban J connectivity index is 1.86. The van der Waals surface area contributed by atoms with Crippen molar-refractivity contribution >= 4 is 0 Å². The molecule has 0 amide bonds. The van der Waals surface area contributed by atoms with Crippen molar-refractivity contribution in [3.8, 4) is 28.4 Å². The summed E-state index contributed by atoms with van der Waals surface area (Å²) in [6.07, 6.45) is 3.64. The zero-order valence-electron chi connectivity index (χ0n) is 15.6.